The van der Waals surface area contributed by atoms with E-state index in [0.29, 0.717) is 6.61 Å². The maximum Gasteiger partial charge on any atom is 0.0717 e. The molecule has 6 heteroatoms. The molecule has 1 heterocycles. The highest BCUT2D eigenvalue weighted by Crippen LogP contribution is 2.11. The zero-order valence-corrected chi connectivity index (χ0v) is 19.6. The molecule has 0 N–H and O–H groups in total. The van der Waals surface area contributed by atoms with Crippen LogP contribution in [0.25, 0.3) is 0 Å². The minimum absolute atomic E-state index is 0. The van der Waals surface area contributed by atoms with Gasteiger partial charge in [-0.2, -0.15) is 0 Å². The Bertz CT molecular complexity index is 672. The molecule has 1 saturated heterocycles. The SMILES string of the molecule is Cc1ccc(CCCN2CCN(CCOCc3ccc(Cl)cc3)CC2)cc1.Cl.Cl. The Morgan fingerprint density at radius 3 is 1.97 bits per heavy atom. The molecule has 0 bridgehead atoms. The molecule has 2 aromatic carbocycles. The topological polar surface area (TPSA) is 15.7 Å². The van der Waals surface area contributed by atoms with E-state index in [0.717, 1.165) is 31.3 Å². The second-order valence-corrected chi connectivity index (χ2v) is 7.89. The van der Waals surface area contributed by atoms with Gasteiger partial charge in [-0.1, -0.05) is 53.6 Å². The van der Waals surface area contributed by atoms with E-state index in [1.807, 2.05) is 24.3 Å². The lowest BCUT2D eigenvalue weighted by atomic mass is 10.1. The Balaban J connectivity index is 0.00000210. The van der Waals surface area contributed by atoms with Crippen LogP contribution in [-0.4, -0.2) is 55.7 Å². The van der Waals surface area contributed by atoms with Crippen molar-refractivity contribution in [3.05, 3.63) is 70.2 Å². The molecule has 0 aromatic heterocycles. The van der Waals surface area contributed by atoms with Crippen LogP contribution in [0.4, 0.5) is 0 Å². The van der Waals surface area contributed by atoms with Crippen molar-refractivity contribution in [2.24, 2.45) is 0 Å². The number of ether oxygens (including phenoxy) is 1. The molecule has 3 nitrogen and oxygen atoms in total. The van der Waals surface area contributed by atoms with Gasteiger partial charge in [-0.05, 0) is 49.6 Å². The van der Waals surface area contributed by atoms with Crippen LogP contribution in [0.5, 0.6) is 0 Å². The molecule has 162 valence electrons. The Morgan fingerprint density at radius 1 is 0.793 bits per heavy atom. The number of benzene rings is 2. The van der Waals surface area contributed by atoms with E-state index in [1.54, 1.807) is 0 Å². The molecule has 0 amide bonds. The quantitative estimate of drug-likeness (QED) is 0.476. The minimum Gasteiger partial charge on any atom is -0.375 e. The monoisotopic (exact) mass is 458 g/mol. The first-order valence-electron chi connectivity index (χ1n) is 10.0. The van der Waals surface area contributed by atoms with Crippen LogP contribution in [-0.2, 0) is 17.8 Å². The molecule has 1 aliphatic heterocycles. The smallest absolute Gasteiger partial charge is 0.0717 e. The van der Waals surface area contributed by atoms with Crippen LogP contribution < -0.4 is 0 Å². The van der Waals surface area contributed by atoms with Gasteiger partial charge in [0, 0.05) is 37.7 Å². The number of piperazine rings is 1. The molecule has 0 spiro atoms. The molecule has 1 aliphatic rings. The summed E-state index contributed by atoms with van der Waals surface area (Å²) in [7, 11) is 0. The standard InChI is InChI=1S/C23H31ClN2O.2ClH/c1-20-4-6-21(7-5-20)3-2-12-25-13-15-26(16-14-25)17-18-27-19-22-8-10-23(24)11-9-22;;/h4-11H,2-3,12-19H2,1H3;2*1H. The molecular formula is C23H33Cl3N2O. The van der Waals surface area contributed by atoms with Gasteiger partial charge >= 0.3 is 0 Å². The maximum atomic E-state index is 5.90. The first-order valence-corrected chi connectivity index (χ1v) is 10.4. The summed E-state index contributed by atoms with van der Waals surface area (Å²) >= 11 is 5.90. The second-order valence-electron chi connectivity index (χ2n) is 7.45. The minimum atomic E-state index is 0. The summed E-state index contributed by atoms with van der Waals surface area (Å²) in [5.41, 5.74) is 3.97. The van der Waals surface area contributed by atoms with Crippen molar-refractivity contribution < 1.29 is 4.74 Å². The summed E-state index contributed by atoms with van der Waals surface area (Å²) in [6.07, 6.45) is 2.42. The Labute approximate surface area is 193 Å². The fourth-order valence-corrected chi connectivity index (χ4v) is 3.59. The number of aryl methyl sites for hydroxylation is 2. The van der Waals surface area contributed by atoms with Crippen LogP contribution in [0, 0.1) is 6.92 Å². The zero-order chi connectivity index (χ0) is 18.9. The summed E-state index contributed by atoms with van der Waals surface area (Å²) in [6.45, 7) is 10.5. The van der Waals surface area contributed by atoms with Crippen molar-refractivity contribution >= 4 is 36.4 Å². The maximum absolute atomic E-state index is 5.90. The van der Waals surface area contributed by atoms with E-state index in [4.69, 9.17) is 16.3 Å². The number of hydrogen-bond donors (Lipinski definition) is 0. The van der Waals surface area contributed by atoms with E-state index < -0.39 is 0 Å². The van der Waals surface area contributed by atoms with E-state index in [9.17, 15) is 0 Å². The van der Waals surface area contributed by atoms with Crippen LogP contribution in [0.1, 0.15) is 23.1 Å². The van der Waals surface area contributed by atoms with Crippen molar-refractivity contribution in [1.29, 1.82) is 0 Å². The first-order chi connectivity index (χ1) is 13.2. The van der Waals surface area contributed by atoms with Crippen molar-refractivity contribution in [3.8, 4) is 0 Å². The third-order valence-corrected chi connectivity index (χ3v) is 5.51. The third-order valence-electron chi connectivity index (χ3n) is 5.26. The third kappa shape index (κ3) is 9.69. The van der Waals surface area contributed by atoms with Gasteiger partial charge in [0.2, 0.25) is 0 Å². The van der Waals surface area contributed by atoms with Crippen LogP contribution >= 0.6 is 36.4 Å². The molecular weight excluding hydrogens is 427 g/mol. The second kappa shape index (κ2) is 14.2. The predicted molar refractivity (Wildman–Crippen MR) is 128 cm³/mol. The molecule has 0 atom stereocenters. The molecule has 0 unspecified atom stereocenters. The first kappa shape index (κ1) is 26.2. The lowest BCUT2D eigenvalue weighted by Crippen LogP contribution is -2.47. The van der Waals surface area contributed by atoms with Gasteiger partial charge in [0.05, 0.1) is 13.2 Å². The van der Waals surface area contributed by atoms with Crippen molar-refractivity contribution in [2.75, 3.05) is 45.9 Å². The van der Waals surface area contributed by atoms with Crippen LogP contribution in [0.2, 0.25) is 5.02 Å². The van der Waals surface area contributed by atoms with Gasteiger partial charge in [-0.25, -0.2) is 0 Å². The van der Waals surface area contributed by atoms with E-state index in [1.165, 1.54) is 49.2 Å². The van der Waals surface area contributed by atoms with Crippen molar-refractivity contribution in [2.45, 2.75) is 26.4 Å². The predicted octanol–water partition coefficient (Wildman–Crippen LogP) is 5.26. The summed E-state index contributed by atoms with van der Waals surface area (Å²) in [5.74, 6) is 0. The summed E-state index contributed by atoms with van der Waals surface area (Å²) < 4.78 is 5.81. The lowest BCUT2D eigenvalue weighted by molar-refractivity contribution is 0.0682. The highest BCUT2D eigenvalue weighted by Gasteiger charge is 2.16. The fourth-order valence-electron chi connectivity index (χ4n) is 3.46. The zero-order valence-electron chi connectivity index (χ0n) is 17.2. The van der Waals surface area contributed by atoms with E-state index in [-0.39, 0.29) is 24.8 Å². The largest absolute Gasteiger partial charge is 0.375 e. The van der Waals surface area contributed by atoms with Gasteiger partial charge < -0.3 is 9.64 Å². The number of rotatable bonds is 9. The Hall–Kier alpha value is -0.810. The van der Waals surface area contributed by atoms with Crippen LogP contribution in [0.3, 0.4) is 0 Å². The van der Waals surface area contributed by atoms with E-state index in [2.05, 4.69) is 41.0 Å². The molecule has 3 rings (SSSR count). The summed E-state index contributed by atoms with van der Waals surface area (Å²) in [4.78, 5) is 5.11. The highest BCUT2D eigenvalue weighted by molar-refractivity contribution is 6.30. The Kier molecular flexibility index (Phi) is 12.9. The average Bonchev–Trinajstić information content (AvgIpc) is 2.69. The van der Waals surface area contributed by atoms with E-state index >= 15 is 0 Å². The van der Waals surface area contributed by atoms with Crippen LogP contribution in [0.15, 0.2) is 48.5 Å². The lowest BCUT2D eigenvalue weighted by Gasteiger charge is -2.34. The average molecular weight is 460 g/mol. The van der Waals surface area contributed by atoms with Gasteiger partial charge in [-0.15, -0.1) is 24.8 Å². The molecule has 0 radical (unpaired) electrons. The number of halogens is 3. The molecule has 1 fully saturated rings. The van der Waals surface area contributed by atoms with Gasteiger partial charge in [0.15, 0.2) is 0 Å². The molecule has 0 aliphatic carbocycles. The summed E-state index contributed by atoms with van der Waals surface area (Å²) in [5, 5.41) is 0.774. The van der Waals surface area contributed by atoms with Gasteiger partial charge in [0.1, 0.15) is 0 Å². The number of nitrogens with zero attached hydrogens (tertiary/aromatic N) is 2. The van der Waals surface area contributed by atoms with Gasteiger partial charge in [0.25, 0.3) is 0 Å². The molecule has 29 heavy (non-hydrogen) atoms. The Morgan fingerprint density at radius 2 is 1.34 bits per heavy atom. The highest BCUT2D eigenvalue weighted by atomic mass is 35.5. The van der Waals surface area contributed by atoms with Crippen molar-refractivity contribution in [3.63, 3.8) is 0 Å². The number of hydrogen-bond acceptors (Lipinski definition) is 3. The molecule has 2 aromatic rings. The van der Waals surface area contributed by atoms with Gasteiger partial charge in [-0.3, -0.25) is 4.90 Å². The van der Waals surface area contributed by atoms with Crippen molar-refractivity contribution in [1.82, 2.24) is 9.80 Å². The normalized spacial score (nSPS) is 14.8. The molecule has 0 saturated carbocycles. The summed E-state index contributed by atoms with van der Waals surface area (Å²) in [6, 6.07) is 16.8. The fraction of sp³-hybridized carbons (Fsp3) is 0.478.